The van der Waals surface area contributed by atoms with Crippen LogP contribution in [0.15, 0.2) is 23.8 Å². The van der Waals surface area contributed by atoms with Crippen molar-refractivity contribution in [3.63, 3.8) is 0 Å². The van der Waals surface area contributed by atoms with E-state index in [1.54, 1.807) is 13.0 Å². The van der Waals surface area contributed by atoms with E-state index < -0.39 is 40.1 Å². The highest BCUT2D eigenvalue weighted by Crippen LogP contribution is 2.73. The molecule has 3 saturated carbocycles. The van der Waals surface area contributed by atoms with Gasteiger partial charge in [-0.25, -0.2) is 8.78 Å². The number of aliphatic hydroxyl groups excluding tert-OH is 1. The molecule has 8 atom stereocenters. The zero-order valence-electron chi connectivity index (χ0n) is 22.5. The van der Waals surface area contributed by atoms with Gasteiger partial charge in [-0.05, 0) is 63.5 Å². The number of allylic oxidation sites excluding steroid dienone is 4. The number of halogens is 2. The minimum absolute atomic E-state index is 0.0600. The highest BCUT2D eigenvalue weighted by Gasteiger charge is 2.79. The van der Waals surface area contributed by atoms with Gasteiger partial charge in [0.15, 0.2) is 17.1 Å². The number of thioether (sulfide) groups is 1. The van der Waals surface area contributed by atoms with Gasteiger partial charge < -0.3 is 5.11 Å². The molecular weight excluding hydrogens is 496 g/mol. The van der Waals surface area contributed by atoms with Crippen LogP contribution in [0.1, 0.15) is 79.1 Å². The molecule has 5 rings (SSSR count). The second kappa shape index (κ2) is 9.53. The highest BCUT2D eigenvalue weighted by molar-refractivity contribution is 8.13. The molecule has 0 aromatic rings. The number of fused-ring (bicyclic) bond motifs is 7. The quantitative estimate of drug-likeness (QED) is 0.448. The Morgan fingerprint density at radius 1 is 1.27 bits per heavy atom. The highest BCUT2D eigenvalue weighted by atomic mass is 32.2. The molecule has 8 heteroatoms. The summed E-state index contributed by atoms with van der Waals surface area (Å²) in [6.07, 6.45) is 8.88. The van der Waals surface area contributed by atoms with Crippen LogP contribution in [0.4, 0.5) is 8.78 Å². The van der Waals surface area contributed by atoms with Gasteiger partial charge in [-0.15, -0.1) is 0 Å². The first-order valence-corrected chi connectivity index (χ1v) is 15.0. The maximum atomic E-state index is 17.5. The summed E-state index contributed by atoms with van der Waals surface area (Å²) in [5, 5.41) is 13.3. The van der Waals surface area contributed by atoms with E-state index in [-0.39, 0.29) is 35.2 Å². The van der Waals surface area contributed by atoms with Crippen molar-refractivity contribution in [3.05, 3.63) is 23.8 Å². The van der Waals surface area contributed by atoms with E-state index in [2.05, 4.69) is 13.8 Å². The van der Waals surface area contributed by atoms with E-state index in [0.717, 1.165) is 31.3 Å². The minimum Gasteiger partial charge on any atom is -0.390 e. The van der Waals surface area contributed by atoms with Crippen LogP contribution in [0, 0.1) is 28.6 Å². The van der Waals surface area contributed by atoms with Crippen molar-refractivity contribution in [2.75, 3.05) is 12.6 Å². The number of aliphatic hydroxyl groups is 1. The molecule has 4 aliphatic carbocycles. The van der Waals surface area contributed by atoms with Crippen LogP contribution in [0.2, 0.25) is 0 Å². The van der Waals surface area contributed by atoms with Crippen molar-refractivity contribution in [2.45, 2.75) is 102 Å². The summed E-state index contributed by atoms with van der Waals surface area (Å²) in [4.78, 5) is 32.6. The molecule has 1 N–H and O–H groups in total. The molecule has 0 bridgehead atoms. The van der Waals surface area contributed by atoms with Crippen molar-refractivity contribution in [3.8, 4) is 0 Å². The molecule has 8 unspecified atom stereocenters. The van der Waals surface area contributed by atoms with E-state index in [9.17, 15) is 19.1 Å². The van der Waals surface area contributed by atoms with Crippen LogP contribution in [0.5, 0.6) is 0 Å². The second-order valence-electron chi connectivity index (χ2n) is 12.4. The van der Waals surface area contributed by atoms with Crippen molar-refractivity contribution in [1.82, 2.24) is 5.06 Å². The van der Waals surface area contributed by atoms with Gasteiger partial charge in [0.05, 0.1) is 6.10 Å². The predicted octanol–water partition coefficient (Wildman–Crippen LogP) is 5.72. The molecule has 37 heavy (non-hydrogen) atoms. The molecule has 0 aromatic heterocycles. The Kier molecular flexibility index (Phi) is 7.08. The Balaban J connectivity index is 1.56. The van der Waals surface area contributed by atoms with Gasteiger partial charge in [-0.2, -0.15) is 5.06 Å². The van der Waals surface area contributed by atoms with Crippen molar-refractivity contribution >= 4 is 22.7 Å². The lowest BCUT2D eigenvalue weighted by Crippen LogP contribution is -2.69. The van der Waals surface area contributed by atoms with Crippen LogP contribution in [-0.2, 0) is 14.4 Å². The van der Waals surface area contributed by atoms with Crippen LogP contribution in [-0.4, -0.2) is 57.0 Å². The first-order chi connectivity index (χ1) is 17.5. The minimum atomic E-state index is -1.96. The Bertz CT molecular complexity index is 1010. The van der Waals surface area contributed by atoms with Gasteiger partial charge in [0.25, 0.3) is 0 Å². The third kappa shape index (κ3) is 3.57. The van der Waals surface area contributed by atoms with Gasteiger partial charge in [-0.3, -0.25) is 14.4 Å². The fourth-order valence-corrected chi connectivity index (χ4v) is 9.85. The molecule has 0 aromatic carbocycles. The maximum Gasteiger partial charge on any atom is 0.226 e. The molecule has 0 amide bonds. The third-order valence-electron chi connectivity index (χ3n) is 10.8. The summed E-state index contributed by atoms with van der Waals surface area (Å²) < 4.78 is 31.1. The molecular formula is C29H41F2NO4S. The number of rotatable bonds is 7. The molecule has 206 valence electrons. The molecule has 1 saturated heterocycles. The normalized spacial score (nSPS) is 44.9. The lowest BCUT2D eigenvalue weighted by atomic mass is 9.45. The number of carbonyl (C=O) groups is 2. The van der Waals surface area contributed by atoms with E-state index in [4.69, 9.17) is 4.84 Å². The molecule has 0 radical (unpaired) electrons. The number of carbonyl (C=O) groups excluding carboxylic acids is 2. The number of nitrogens with zero attached hydrogens (tertiary/aromatic N) is 1. The van der Waals surface area contributed by atoms with Gasteiger partial charge in [-0.1, -0.05) is 57.0 Å². The summed E-state index contributed by atoms with van der Waals surface area (Å²) in [5.41, 5.74) is -4.41. The number of hydrogen-bond acceptors (Lipinski definition) is 6. The molecule has 0 spiro atoms. The Morgan fingerprint density at radius 2 is 1.97 bits per heavy atom. The van der Waals surface area contributed by atoms with Gasteiger partial charge >= 0.3 is 0 Å². The smallest absolute Gasteiger partial charge is 0.226 e. The summed E-state index contributed by atoms with van der Waals surface area (Å²) in [6, 6.07) is -0.669. The zero-order valence-corrected chi connectivity index (χ0v) is 23.3. The van der Waals surface area contributed by atoms with E-state index >= 15 is 4.39 Å². The van der Waals surface area contributed by atoms with E-state index in [1.165, 1.54) is 12.2 Å². The molecule has 4 fully saturated rings. The van der Waals surface area contributed by atoms with Crippen molar-refractivity contribution in [2.24, 2.45) is 28.6 Å². The monoisotopic (exact) mass is 537 g/mol. The second-order valence-corrected chi connectivity index (χ2v) is 13.3. The van der Waals surface area contributed by atoms with Crippen LogP contribution in [0.3, 0.4) is 0 Å². The predicted molar refractivity (Wildman–Crippen MR) is 140 cm³/mol. The number of hydroxylamine groups is 2. The molecule has 5 nitrogen and oxygen atoms in total. The number of ketones is 1. The van der Waals surface area contributed by atoms with Crippen LogP contribution >= 0.6 is 11.8 Å². The SMILES string of the molecule is CCCC(CCC)N1CC2CC3C4CCC5=CC(=O)C=CC5(C)C4(F)C(O)CC3(C)C2(C(=O)SCF)O1. The zero-order chi connectivity index (χ0) is 26.8. The lowest BCUT2D eigenvalue weighted by molar-refractivity contribution is -0.271. The van der Waals surface area contributed by atoms with E-state index in [1.807, 2.05) is 12.0 Å². The number of alkyl halides is 2. The topological polar surface area (TPSA) is 66.8 Å². The largest absolute Gasteiger partial charge is 0.390 e. The Hall–Kier alpha value is -1.09. The van der Waals surface area contributed by atoms with Gasteiger partial charge in [0.1, 0.15) is 6.01 Å². The van der Waals surface area contributed by atoms with Gasteiger partial charge in [0.2, 0.25) is 5.12 Å². The summed E-state index contributed by atoms with van der Waals surface area (Å²) in [6.45, 7) is 8.61. The van der Waals surface area contributed by atoms with Gasteiger partial charge in [0, 0.05) is 35.3 Å². The average molecular weight is 538 g/mol. The Labute approximate surface area is 223 Å². The standard InChI is InChI=1S/C29H41F2NO4S/c1-5-7-20(8-6-2)32-16-19-14-23-22-10-9-18-13-21(33)11-12-26(18,3)28(22,31)24(34)15-27(23,4)29(19,36-32)25(35)37-17-30/h11-13,19-20,22-24,34H,5-10,14-17H2,1-4H3. The molecule has 1 aliphatic heterocycles. The fourth-order valence-electron chi connectivity index (χ4n) is 9.10. The Morgan fingerprint density at radius 3 is 2.62 bits per heavy atom. The lowest BCUT2D eigenvalue weighted by Gasteiger charge is -2.62. The fraction of sp³-hybridized carbons (Fsp3) is 0.793. The molecule has 1 heterocycles. The average Bonchev–Trinajstić information content (AvgIpc) is 3.34. The van der Waals surface area contributed by atoms with E-state index in [0.29, 0.717) is 37.6 Å². The van der Waals surface area contributed by atoms with Crippen molar-refractivity contribution in [1.29, 1.82) is 0 Å². The van der Waals surface area contributed by atoms with Crippen molar-refractivity contribution < 1.29 is 28.3 Å². The maximum absolute atomic E-state index is 17.5. The molecule has 5 aliphatic rings. The summed E-state index contributed by atoms with van der Waals surface area (Å²) >= 11 is 0.647. The van der Waals surface area contributed by atoms with Crippen LogP contribution < -0.4 is 0 Å². The first-order valence-electron chi connectivity index (χ1n) is 14.0. The third-order valence-corrected chi connectivity index (χ3v) is 11.5. The first kappa shape index (κ1) is 27.5. The summed E-state index contributed by atoms with van der Waals surface area (Å²) in [5.74, 6) is -1.02. The van der Waals surface area contributed by atoms with Crippen LogP contribution in [0.25, 0.3) is 0 Å². The summed E-state index contributed by atoms with van der Waals surface area (Å²) in [7, 11) is 0. The number of hydrogen-bond donors (Lipinski definition) is 1.